The maximum atomic E-state index is 12.9. The Hall–Kier alpha value is -1.71. The zero-order valence-electron chi connectivity index (χ0n) is 13.5. The highest BCUT2D eigenvalue weighted by Crippen LogP contribution is 2.37. The Labute approximate surface area is 158 Å². The maximum absolute atomic E-state index is 12.9. The molecule has 2 atom stereocenters. The van der Waals surface area contributed by atoms with Crippen molar-refractivity contribution in [2.75, 3.05) is 32.1 Å². The number of rotatable bonds is 5. The molecule has 0 bridgehead atoms. The van der Waals surface area contributed by atoms with Gasteiger partial charge >= 0.3 is 12.1 Å². The summed E-state index contributed by atoms with van der Waals surface area (Å²) >= 11 is 5.93. The maximum Gasteiger partial charge on any atom is 0.393 e. The number of nitrogens with one attached hydrogen (secondary N) is 1. The average Bonchev–Trinajstić information content (AvgIpc) is 2.91. The Bertz CT molecular complexity index is 673. The fourth-order valence-corrected chi connectivity index (χ4v) is 3.00. The number of ether oxygens (including phenoxy) is 1. The van der Waals surface area contributed by atoms with Crippen molar-refractivity contribution in [2.45, 2.75) is 6.18 Å². The Morgan fingerprint density at radius 3 is 2.50 bits per heavy atom. The van der Waals surface area contributed by atoms with Crippen LogP contribution in [0.15, 0.2) is 18.2 Å². The van der Waals surface area contributed by atoms with Crippen LogP contribution in [-0.2, 0) is 9.59 Å². The molecule has 1 aliphatic rings. The van der Waals surface area contributed by atoms with E-state index in [1.165, 1.54) is 30.2 Å². The molecule has 11 heteroatoms. The number of methoxy groups -OCH3 is 1. The molecule has 6 nitrogen and oxygen atoms in total. The first kappa shape index (κ1) is 22.3. The molecule has 0 aliphatic carbocycles. The zero-order chi connectivity index (χ0) is 18.8. The topological polar surface area (TPSA) is 78.9 Å². The summed E-state index contributed by atoms with van der Waals surface area (Å²) in [5.41, 5.74) is 0.358. The van der Waals surface area contributed by atoms with Gasteiger partial charge in [-0.05, 0) is 18.2 Å². The van der Waals surface area contributed by atoms with Crippen LogP contribution >= 0.6 is 24.0 Å². The van der Waals surface area contributed by atoms with Crippen molar-refractivity contribution in [1.29, 1.82) is 0 Å². The largest absolute Gasteiger partial charge is 0.495 e. The van der Waals surface area contributed by atoms with Gasteiger partial charge in [-0.25, -0.2) is 0 Å². The van der Waals surface area contributed by atoms with Gasteiger partial charge in [0, 0.05) is 18.8 Å². The van der Waals surface area contributed by atoms with Crippen LogP contribution in [0.25, 0.3) is 0 Å². The SMILES string of the molecule is COc1ccc(NC(=O)CN2C[C@@H](C(F)(F)F)[C@H](C(=O)O)C2)cc1Cl.Cl. The number of hydrogen-bond acceptors (Lipinski definition) is 4. The van der Waals surface area contributed by atoms with Gasteiger partial charge in [-0.3, -0.25) is 14.5 Å². The summed E-state index contributed by atoms with van der Waals surface area (Å²) in [5.74, 6) is -5.24. The van der Waals surface area contributed by atoms with Crippen LogP contribution in [0.2, 0.25) is 5.02 Å². The standard InChI is InChI=1S/C15H16ClF3N2O4.ClH/c1-25-12-3-2-8(4-11(12)16)20-13(22)7-21-5-9(14(23)24)10(6-21)15(17,18)19;/h2-4,9-10H,5-7H2,1H3,(H,20,22)(H,23,24);1H/t9-,10-;/m1./s1. The zero-order valence-corrected chi connectivity index (χ0v) is 15.1. The lowest BCUT2D eigenvalue weighted by Crippen LogP contribution is -2.34. The summed E-state index contributed by atoms with van der Waals surface area (Å²) in [4.78, 5) is 24.2. The highest BCUT2D eigenvalue weighted by atomic mass is 35.5. The molecule has 1 saturated heterocycles. The van der Waals surface area contributed by atoms with Crippen molar-refractivity contribution in [2.24, 2.45) is 11.8 Å². The van der Waals surface area contributed by atoms with Gasteiger partial charge in [0.2, 0.25) is 5.91 Å². The number of carbonyl (C=O) groups is 2. The molecule has 0 aromatic heterocycles. The van der Waals surface area contributed by atoms with E-state index in [2.05, 4.69) is 5.32 Å². The van der Waals surface area contributed by atoms with E-state index >= 15 is 0 Å². The summed E-state index contributed by atoms with van der Waals surface area (Å²) < 4.78 is 43.8. The molecular weight excluding hydrogens is 400 g/mol. The fraction of sp³-hybridized carbons (Fsp3) is 0.467. The predicted octanol–water partition coefficient (Wildman–Crippen LogP) is 2.90. The van der Waals surface area contributed by atoms with Gasteiger partial charge in [-0.1, -0.05) is 11.6 Å². The summed E-state index contributed by atoms with van der Waals surface area (Å²) in [5, 5.41) is 11.7. The lowest BCUT2D eigenvalue weighted by atomic mass is 9.96. The molecule has 146 valence electrons. The number of aliphatic carboxylic acids is 1. The predicted molar refractivity (Wildman–Crippen MR) is 91.0 cm³/mol. The molecule has 1 aromatic carbocycles. The minimum Gasteiger partial charge on any atom is -0.495 e. The molecule has 0 unspecified atom stereocenters. The number of nitrogens with zero attached hydrogens (tertiary/aromatic N) is 1. The average molecular weight is 417 g/mol. The minimum absolute atomic E-state index is 0. The van der Waals surface area contributed by atoms with Crippen LogP contribution in [0.1, 0.15) is 0 Å². The van der Waals surface area contributed by atoms with Crippen LogP contribution in [-0.4, -0.2) is 54.8 Å². The van der Waals surface area contributed by atoms with Gasteiger partial charge in [0.25, 0.3) is 0 Å². The third-order valence-corrected chi connectivity index (χ3v) is 4.23. The summed E-state index contributed by atoms with van der Waals surface area (Å²) in [7, 11) is 1.43. The summed E-state index contributed by atoms with van der Waals surface area (Å²) in [6.45, 7) is -1.21. The molecule has 1 heterocycles. The van der Waals surface area contributed by atoms with E-state index < -0.39 is 36.4 Å². The lowest BCUT2D eigenvalue weighted by molar-refractivity contribution is -0.188. The third-order valence-electron chi connectivity index (χ3n) is 3.94. The molecule has 0 spiro atoms. The Kier molecular flexibility index (Phi) is 7.55. The third kappa shape index (κ3) is 5.39. The summed E-state index contributed by atoms with van der Waals surface area (Å²) in [6.07, 6.45) is -4.63. The number of carbonyl (C=O) groups excluding carboxylic acids is 1. The van der Waals surface area contributed by atoms with Gasteiger partial charge in [0.05, 0.1) is 30.5 Å². The first-order valence-corrected chi connectivity index (χ1v) is 7.65. The quantitative estimate of drug-likeness (QED) is 0.771. The molecule has 1 amide bonds. The van der Waals surface area contributed by atoms with E-state index in [1.54, 1.807) is 0 Å². The number of likely N-dealkylation sites (tertiary alicyclic amines) is 1. The second kappa shape index (κ2) is 8.79. The normalized spacial score (nSPS) is 20.3. The number of carboxylic acid groups (broad SMARTS) is 1. The Balaban J connectivity index is 0.00000338. The lowest BCUT2D eigenvalue weighted by Gasteiger charge is -2.18. The summed E-state index contributed by atoms with van der Waals surface area (Å²) in [6, 6.07) is 4.51. The second-order valence-corrected chi connectivity index (χ2v) is 6.09. The van der Waals surface area contributed by atoms with Gasteiger partial charge in [0.1, 0.15) is 5.75 Å². The van der Waals surface area contributed by atoms with Crippen molar-refractivity contribution in [1.82, 2.24) is 4.90 Å². The number of alkyl halides is 3. The van der Waals surface area contributed by atoms with Crippen molar-refractivity contribution in [3.63, 3.8) is 0 Å². The van der Waals surface area contributed by atoms with Crippen LogP contribution in [0.5, 0.6) is 5.75 Å². The monoisotopic (exact) mass is 416 g/mol. The van der Waals surface area contributed by atoms with Crippen LogP contribution in [0, 0.1) is 11.8 Å². The molecule has 2 N–H and O–H groups in total. The van der Waals surface area contributed by atoms with E-state index in [0.717, 1.165) is 0 Å². The number of benzene rings is 1. The molecule has 1 aliphatic heterocycles. The second-order valence-electron chi connectivity index (χ2n) is 5.68. The van der Waals surface area contributed by atoms with Crippen LogP contribution in [0.3, 0.4) is 0 Å². The molecule has 2 rings (SSSR count). The van der Waals surface area contributed by atoms with Crippen LogP contribution < -0.4 is 10.1 Å². The van der Waals surface area contributed by atoms with E-state index in [9.17, 15) is 22.8 Å². The van der Waals surface area contributed by atoms with Gasteiger partial charge < -0.3 is 15.2 Å². The molecule has 1 fully saturated rings. The van der Waals surface area contributed by atoms with E-state index in [4.69, 9.17) is 21.4 Å². The van der Waals surface area contributed by atoms with Gasteiger partial charge in [-0.15, -0.1) is 12.4 Å². The number of carboxylic acids is 1. The molecule has 1 aromatic rings. The smallest absolute Gasteiger partial charge is 0.393 e. The first-order chi connectivity index (χ1) is 11.6. The number of amides is 1. The van der Waals surface area contributed by atoms with Crippen LogP contribution in [0.4, 0.5) is 18.9 Å². The highest BCUT2D eigenvalue weighted by Gasteiger charge is 2.52. The van der Waals surface area contributed by atoms with Gasteiger partial charge in [0.15, 0.2) is 0 Å². The minimum atomic E-state index is -4.63. The molecular formula is C15H17Cl2F3N2O4. The van der Waals surface area contributed by atoms with E-state index in [-0.39, 0.29) is 30.5 Å². The number of hydrogen-bond donors (Lipinski definition) is 2. The first-order valence-electron chi connectivity index (χ1n) is 7.27. The number of anilines is 1. The van der Waals surface area contributed by atoms with Crippen molar-refractivity contribution >= 4 is 41.6 Å². The molecule has 0 radical (unpaired) electrons. The highest BCUT2D eigenvalue weighted by molar-refractivity contribution is 6.32. The van der Waals surface area contributed by atoms with E-state index in [1.807, 2.05) is 0 Å². The van der Waals surface area contributed by atoms with Crippen molar-refractivity contribution in [3.05, 3.63) is 23.2 Å². The Morgan fingerprint density at radius 1 is 1.38 bits per heavy atom. The van der Waals surface area contributed by atoms with E-state index in [0.29, 0.717) is 11.4 Å². The fourth-order valence-electron chi connectivity index (χ4n) is 2.74. The van der Waals surface area contributed by atoms with Crippen molar-refractivity contribution in [3.8, 4) is 5.75 Å². The van der Waals surface area contributed by atoms with Gasteiger partial charge in [-0.2, -0.15) is 13.2 Å². The molecule has 0 saturated carbocycles. The number of halogens is 5. The Morgan fingerprint density at radius 2 is 2.04 bits per heavy atom. The molecule has 26 heavy (non-hydrogen) atoms. The van der Waals surface area contributed by atoms with Crippen molar-refractivity contribution < 1.29 is 32.6 Å².